The molecule has 70 valence electrons. The minimum absolute atomic E-state index is 0. The number of hydrogen-bond donors (Lipinski definition) is 3. The van der Waals surface area contributed by atoms with Gasteiger partial charge >= 0.3 is 5.97 Å². The Morgan fingerprint density at radius 1 is 1.55 bits per heavy atom. The normalized spacial score (nSPS) is 12.4. The maximum atomic E-state index is 10.2. The van der Waals surface area contributed by atoms with E-state index in [1.807, 2.05) is 0 Å². The van der Waals surface area contributed by atoms with Crippen molar-refractivity contribution in [2.24, 2.45) is 5.73 Å². The number of rotatable bonds is 2. The van der Waals surface area contributed by atoms with Crippen molar-refractivity contribution in [3.05, 3.63) is 0 Å². The van der Waals surface area contributed by atoms with Crippen LogP contribution in [0.1, 0.15) is 28.7 Å². The molecule has 3 N–H and O–H groups in total. The van der Waals surface area contributed by atoms with Crippen molar-refractivity contribution in [2.75, 3.05) is 0 Å². The van der Waals surface area contributed by atoms with Crippen molar-refractivity contribution >= 4 is 18.6 Å². The molecule has 0 heterocycles. The van der Waals surface area contributed by atoms with Crippen LogP contribution in [0.2, 0.25) is 0 Å². The van der Waals surface area contributed by atoms with E-state index in [1.165, 1.54) is 0 Å². The summed E-state index contributed by atoms with van der Waals surface area (Å²) in [5.41, 5.74) is 5.22. The maximum Gasteiger partial charge on any atom is 0.321 e. The molecule has 0 aliphatic carbocycles. The van der Waals surface area contributed by atoms with Crippen molar-refractivity contribution in [3.8, 4) is 0 Å². The third-order valence-electron chi connectivity index (χ3n) is 1.03. The average Bonchev–Trinajstić information content (AvgIpc) is 1.62. The Morgan fingerprint density at radius 2 is 1.82 bits per heavy atom. The first-order valence-electron chi connectivity index (χ1n) is 2.56. The summed E-state index contributed by atoms with van der Waals surface area (Å²) in [4.78, 5) is 10.2. The maximum absolute atomic E-state index is 10.2. The third kappa shape index (κ3) is 6.19. The third-order valence-corrected chi connectivity index (χ3v) is 1.31. The Balaban J connectivity index is -0.000000320. The van der Waals surface area contributed by atoms with Gasteiger partial charge in [-0.05, 0) is 13.8 Å². The zero-order valence-corrected chi connectivity index (χ0v) is 6.35. The quantitative estimate of drug-likeness (QED) is 0.564. The first-order chi connectivity index (χ1) is 3.85. The van der Waals surface area contributed by atoms with Crippen LogP contribution in [0.25, 0.3) is 0 Å². The van der Waals surface area contributed by atoms with E-state index in [0.717, 1.165) is 0 Å². The molecule has 3 nitrogen and oxygen atoms in total. The lowest BCUT2D eigenvalue weighted by atomic mass is 10.1. The zero-order valence-electron chi connectivity index (χ0n) is 5.46. The van der Waals surface area contributed by atoms with Crippen molar-refractivity contribution in [3.63, 3.8) is 0 Å². The molecule has 0 radical (unpaired) electrons. The summed E-state index contributed by atoms with van der Waals surface area (Å²) in [6.07, 6.45) is 0. The summed E-state index contributed by atoms with van der Waals surface area (Å²) in [5.74, 6) is -1.02. The number of thiol groups is 1. The molecular weight excluding hydrogens is 162 g/mol. The lowest BCUT2D eigenvalue weighted by Crippen LogP contribution is -2.45. The predicted molar refractivity (Wildman–Crippen MR) is 52.1 cm³/mol. The fourth-order valence-corrected chi connectivity index (χ4v) is 0.413. The molecule has 0 aliphatic rings. The Hall–Kier alpha value is -0.220. The van der Waals surface area contributed by atoms with Crippen LogP contribution >= 0.6 is 12.6 Å². The smallest absolute Gasteiger partial charge is 0.321 e. The second-order valence-electron chi connectivity index (χ2n) is 2.47. The summed E-state index contributed by atoms with van der Waals surface area (Å²) >= 11 is 3.98. The van der Waals surface area contributed by atoms with Gasteiger partial charge < -0.3 is 10.8 Å². The van der Waals surface area contributed by atoms with Gasteiger partial charge in [0.2, 0.25) is 0 Å². The van der Waals surface area contributed by atoms with Gasteiger partial charge in [-0.15, -0.1) is 0 Å². The van der Waals surface area contributed by atoms with Crippen LogP contribution in [0, 0.1) is 0 Å². The van der Waals surface area contributed by atoms with Gasteiger partial charge in [-0.25, -0.2) is 0 Å². The summed E-state index contributed by atoms with van der Waals surface area (Å²) in [6, 6.07) is -0.902. The van der Waals surface area contributed by atoms with E-state index >= 15 is 0 Å². The van der Waals surface area contributed by atoms with Crippen LogP contribution in [-0.4, -0.2) is 21.9 Å². The molecule has 0 amide bonds. The molecule has 0 spiro atoms. The molecule has 0 aromatic carbocycles. The van der Waals surface area contributed by atoms with Gasteiger partial charge in [0.05, 0.1) is 0 Å². The number of carboxylic acid groups (broad SMARTS) is 1. The van der Waals surface area contributed by atoms with Crippen LogP contribution < -0.4 is 5.73 Å². The molecule has 11 heavy (non-hydrogen) atoms. The number of carboxylic acids is 1. The van der Waals surface area contributed by atoms with Crippen LogP contribution in [0.3, 0.4) is 0 Å². The first kappa shape index (κ1) is 17.0. The molecular formula is C7H19NO2S. The second kappa shape index (κ2) is 5.43. The number of carbonyl (C=O) groups is 1. The van der Waals surface area contributed by atoms with Crippen molar-refractivity contribution in [1.29, 1.82) is 0 Å². The zero-order chi connectivity index (χ0) is 7.65. The van der Waals surface area contributed by atoms with Gasteiger partial charge in [0.15, 0.2) is 0 Å². The SMILES string of the molecule is C.C.CC(C)(S)C(N)C(=O)O. The van der Waals surface area contributed by atoms with Gasteiger partial charge in [0.1, 0.15) is 6.04 Å². The molecule has 1 atom stereocenters. The topological polar surface area (TPSA) is 63.3 Å². The van der Waals surface area contributed by atoms with Crippen molar-refractivity contribution < 1.29 is 9.90 Å². The van der Waals surface area contributed by atoms with E-state index < -0.39 is 16.8 Å². The fourth-order valence-electron chi connectivity index (χ4n) is 0.302. The predicted octanol–water partition coefficient (Wildman–Crippen LogP) is 1.38. The highest BCUT2D eigenvalue weighted by Gasteiger charge is 2.27. The molecule has 0 saturated heterocycles. The Bertz CT molecular complexity index is 120. The number of aliphatic carboxylic acids is 1. The van der Waals surface area contributed by atoms with E-state index in [0.29, 0.717) is 0 Å². The van der Waals surface area contributed by atoms with Gasteiger partial charge in [0.25, 0.3) is 0 Å². The van der Waals surface area contributed by atoms with Gasteiger partial charge in [0, 0.05) is 4.75 Å². The molecule has 1 unspecified atom stereocenters. The minimum atomic E-state index is -1.02. The van der Waals surface area contributed by atoms with Crippen molar-refractivity contribution in [1.82, 2.24) is 0 Å². The highest BCUT2D eigenvalue weighted by Crippen LogP contribution is 2.15. The highest BCUT2D eigenvalue weighted by atomic mass is 32.1. The first-order valence-corrected chi connectivity index (χ1v) is 3.01. The van der Waals surface area contributed by atoms with Crippen LogP contribution in [-0.2, 0) is 4.79 Å². The Morgan fingerprint density at radius 3 is 1.82 bits per heavy atom. The number of hydrogen-bond acceptors (Lipinski definition) is 3. The van der Waals surface area contributed by atoms with Crippen LogP contribution in [0.5, 0.6) is 0 Å². The Kier molecular flexibility index (Phi) is 8.41. The van der Waals surface area contributed by atoms with Gasteiger partial charge in [-0.2, -0.15) is 12.6 Å². The molecule has 0 saturated carbocycles. The van der Waals surface area contributed by atoms with E-state index in [1.54, 1.807) is 13.8 Å². The molecule has 0 aromatic rings. The lowest BCUT2D eigenvalue weighted by molar-refractivity contribution is -0.139. The molecule has 0 fully saturated rings. The molecule has 4 heteroatoms. The largest absolute Gasteiger partial charge is 0.480 e. The standard InChI is InChI=1S/C5H11NO2S.2CH4/c1-5(2,9)3(6)4(7)8;;/h3,9H,6H2,1-2H3,(H,7,8);2*1H4. The summed E-state index contributed by atoms with van der Waals surface area (Å²) in [6.45, 7) is 3.32. The van der Waals surface area contributed by atoms with E-state index in [2.05, 4.69) is 12.6 Å². The minimum Gasteiger partial charge on any atom is -0.480 e. The molecule has 0 aromatic heterocycles. The second-order valence-corrected chi connectivity index (χ2v) is 3.62. The average molecular weight is 181 g/mol. The number of nitrogens with two attached hydrogens (primary N) is 1. The summed E-state index contributed by atoms with van der Waals surface area (Å²) in [7, 11) is 0. The molecule has 0 bridgehead atoms. The van der Waals surface area contributed by atoms with E-state index in [4.69, 9.17) is 10.8 Å². The molecule has 0 aliphatic heterocycles. The van der Waals surface area contributed by atoms with Crippen LogP contribution in [0.15, 0.2) is 0 Å². The van der Waals surface area contributed by atoms with Crippen LogP contribution in [0.4, 0.5) is 0 Å². The van der Waals surface area contributed by atoms with Gasteiger partial charge in [-0.1, -0.05) is 14.9 Å². The fraction of sp³-hybridized carbons (Fsp3) is 0.857. The molecule has 0 rings (SSSR count). The van der Waals surface area contributed by atoms with E-state index in [9.17, 15) is 4.79 Å². The summed E-state index contributed by atoms with van der Waals surface area (Å²) < 4.78 is -0.647. The highest BCUT2D eigenvalue weighted by molar-refractivity contribution is 7.81. The van der Waals surface area contributed by atoms with Gasteiger partial charge in [-0.3, -0.25) is 4.79 Å². The lowest BCUT2D eigenvalue weighted by Gasteiger charge is -2.21. The van der Waals surface area contributed by atoms with E-state index in [-0.39, 0.29) is 14.9 Å². The monoisotopic (exact) mass is 181 g/mol. The Labute approximate surface area is 74.4 Å². The van der Waals surface area contributed by atoms with Crippen molar-refractivity contribution in [2.45, 2.75) is 39.5 Å². The summed E-state index contributed by atoms with van der Waals surface area (Å²) in [5, 5.41) is 8.34.